The summed E-state index contributed by atoms with van der Waals surface area (Å²) in [6, 6.07) is 0. The Hall–Kier alpha value is -1.67. The molecule has 0 bridgehead atoms. The van der Waals surface area contributed by atoms with E-state index in [4.69, 9.17) is 9.47 Å². The fraction of sp³-hybridized carbons (Fsp3) is 0.727. The third-order valence-corrected chi connectivity index (χ3v) is 1.95. The molecule has 2 N–H and O–H groups in total. The summed E-state index contributed by atoms with van der Waals surface area (Å²) >= 11 is 0. The summed E-state index contributed by atoms with van der Waals surface area (Å²) in [6.45, 7) is 3.74. The quantitative estimate of drug-likeness (QED) is 0.327. The van der Waals surface area contributed by atoms with Gasteiger partial charge in [-0.05, 0) is 13.8 Å². The van der Waals surface area contributed by atoms with Crippen LogP contribution < -0.4 is 10.6 Å². The molecule has 0 aliphatic carbocycles. The largest absolute Gasteiger partial charge is 0.465 e. The smallest absolute Gasteiger partial charge is 0.325 e. The Bertz CT molecular complexity index is 308. The van der Waals surface area contributed by atoms with Crippen LogP contribution in [0.15, 0.2) is 0 Å². The Morgan fingerprint density at radius 1 is 1.05 bits per heavy atom. The third-order valence-electron chi connectivity index (χ3n) is 1.95. The fourth-order valence-corrected chi connectivity index (χ4v) is 1.10. The molecule has 0 aromatic rings. The van der Waals surface area contributed by atoms with Gasteiger partial charge in [-0.1, -0.05) is 0 Å². The highest BCUT2D eigenvalue weighted by atomic mass is 16.7. The van der Waals surface area contributed by atoms with E-state index in [1.54, 1.807) is 13.8 Å². The molecule has 0 spiro atoms. The molecular formula is C11H20N2O6. The molecule has 110 valence electrons. The zero-order valence-corrected chi connectivity index (χ0v) is 11.4. The number of carbonyl (C=O) groups is 3. The number of hydrogen-bond donors (Lipinski definition) is 2. The van der Waals surface area contributed by atoms with Crippen LogP contribution in [0, 0.1) is 0 Å². The van der Waals surface area contributed by atoms with E-state index in [2.05, 4.69) is 15.4 Å². The number of hydrogen-bond acceptors (Lipinski definition) is 6. The van der Waals surface area contributed by atoms with E-state index in [9.17, 15) is 14.4 Å². The van der Waals surface area contributed by atoms with Crippen molar-refractivity contribution in [2.45, 2.75) is 20.1 Å². The summed E-state index contributed by atoms with van der Waals surface area (Å²) in [6.07, 6.45) is -0.619. The lowest BCUT2D eigenvalue weighted by Crippen LogP contribution is -2.45. The number of rotatable bonds is 8. The summed E-state index contributed by atoms with van der Waals surface area (Å²) < 4.78 is 14.6. The molecule has 0 aromatic heterocycles. The molecule has 0 saturated carbocycles. The zero-order valence-electron chi connectivity index (χ0n) is 11.4. The Balaban J connectivity index is 3.93. The first-order valence-electron chi connectivity index (χ1n) is 5.91. The van der Waals surface area contributed by atoms with Crippen LogP contribution >= 0.6 is 0 Å². The molecule has 0 radical (unpaired) electrons. The van der Waals surface area contributed by atoms with Gasteiger partial charge in [0, 0.05) is 13.7 Å². The molecule has 8 nitrogen and oxygen atoms in total. The number of nitrogens with one attached hydrogen (secondary N) is 2. The van der Waals surface area contributed by atoms with E-state index in [0.29, 0.717) is 6.61 Å². The van der Waals surface area contributed by atoms with E-state index >= 15 is 0 Å². The normalized spacial score (nSPS) is 11.5. The SMILES string of the molecule is CCOC(=O)CNC(=O)C(=O)NCC(OC)OCC. The van der Waals surface area contributed by atoms with E-state index in [1.165, 1.54) is 7.11 Å². The Kier molecular flexibility index (Phi) is 9.37. The first-order valence-corrected chi connectivity index (χ1v) is 5.91. The summed E-state index contributed by atoms with van der Waals surface area (Å²) in [5.41, 5.74) is 0. The highest BCUT2D eigenvalue weighted by Gasteiger charge is 2.16. The van der Waals surface area contributed by atoms with Gasteiger partial charge in [-0.2, -0.15) is 0 Å². The fourth-order valence-electron chi connectivity index (χ4n) is 1.10. The molecule has 0 aliphatic rings. The number of ether oxygens (including phenoxy) is 3. The standard InChI is InChI=1S/C11H20N2O6/c1-4-18-8(14)6-12-10(15)11(16)13-7-9(17-3)19-5-2/h9H,4-7H2,1-3H3,(H,12,15)(H,13,16). The monoisotopic (exact) mass is 276 g/mol. The van der Waals surface area contributed by atoms with E-state index in [1.807, 2.05) is 0 Å². The van der Waals surface area contributed by atoms with Gasteiger partial charge < -0.3 is 24.8 Å². The lowest BCUT2D eigenvalue weighted by molar-refractivity contribution is -0.146. The van der Waals surface area contributed by atoms with Crippen molar-refractivity contribution in [1.29, 1.82) is 0 Å². The van der Waals surface area contributed by atoms with E-state index in [0.717, 1.165) is 0 Å². The van der Waals surface area contributed by atoms with E-state index in [-0.39, 0.29) is 19.7 Å². The Morgan fingerprint density at radius 2 is 1.68 bits per heavy atom. The van der Waals surface area contributed by atoms with Crippen molar-refractivity contribution < 1.29 is 28.6 Å². The average Bonchev–Trinajstić information content (AvgIpc) is 2.40. The van der Waals surface area contributed by atoms with Gasteiger partial charge in [0.15, 0.2) is 6.29 Å². The van der Waals surface area contributed by atoms with Gasteiger partial charge in [-0.3, -0.25) is 14.4 Å². The van der Waals surface area contributed by atoms with Crippen molar-refractivity contribution in [1.82, 2.24) is 10.6 Å². The highest BCUT2D eigenvalue weighted by Crippen LogP contribution is 1.90. The number of methoxy groups -OCH3 is 1. The summed E-state index contributed by atoms with van der Waals surface area (Å²) in [5.74, 6) is -2.39. The average molecular weight is 276 g/mol. The molecule has 1 unspecified atom stereocenters. The van der Waals surface area contributed by atoms with Gasteiger partial charge in [0.2, 0.25) is 0 Å². The molecule has 0 aliphatic heterocycles. The van der Waals surface area contributed by atoms with Crippen molar-refractivity contribution in [3.63, 3.8) is 0 Å². The summed E-state index contributed by atoms with van der Waals surface area (Å²) in [4.78, 5) is 33.6. The van der Waals surface area contributed by atoms with Crippen LogP contribution in [-0.4, -0.2) is 57.5 Å². The first kappa shape index (κ1) is 17.3. The first-order chi connectivity index (χ1) is 9.04. The van der Waals surface area contributed by atoms with Gasteiger partial charge in [0.1, 0.15) is 6.54 Å². The molecular weight excluding hydrogens is 256 g/mol. The topological polar surface area (TPSA) is 103 Å². The maximum Gasteiger partial charge on any atom is 0.325 e. The van der Waals surface area contributed by atoms with E-state index < -0.39 is 24.1 Å². The summed E-state index contributed by atoms with van der Waals surface area (Å²) in [5, 5.41) is 4.45. The Labute approximate surface area is 111 Å². The van der Waals surface area contributed by atoms with Gasteiger partial charge in [-0.25, -0.2) is 0 Å². The van der Waals surface area contributed by atoms with Crippen molar-refractivity contribution in [3.05, 3.63) is 0 Å². The molecule has 2 amide bonds. The molecule has 19 heavy (non-hydrogen) atoms. The second kappa shape index (κ2) is 10.3. The molecule has 0 rings (SSSR count). The van der Waals surface area contributed by atoms with Crippen molar-refractivity contribution in [3.8, 4) is 0 Å². The second-order valence-electron chi connectivity index (χ2n) is 3.32. The lowest BCUT2D eigenvalue weighted by Gasteiger charge is -2.15. The van der Waals surface area contributed by atoms with Crippen LogP contribution in [0.2, 0.25) is 0 Å². The predicted molar refractivity (Wildman–Crippen MR) is 65.1 cm³/mol. The predicted octanol–water partition coefficient (Wildman–Crippen LogP) is -1.21. The van der Waals surface area contributed by atoms with Gasteiger partial charge in [0.05, 0.1) is 13.2 Å². The Morgan fingerprint density at radius 3 is 2.21 bits per heavy atom. The lowest BCUT2D eigenvalue weighted by atomic mass is 10.5. The van der Waals surface area contributed by atoms with Crippen molar-refractivity contribution in [2.24, 2.45) is 0 Å². The van der Waals surface area contributed by atoms with Crippen LogP contribution in [0.5, 0.6) is 0 Å². The number of esters is 1. The van der Waals surface area contributed by atoms with Crippen LogP contribution in [0.3, 0.4) is 0 Å². The minimum atomic E-state index is -0.917. The van der Waals surface area contributed by atoms with Crippen molar-refractivity contribution in [2.75, 3.05) is 33.4 Å². The summed E-state index contributed by atoms with van der Waals surface area (Å²) in [7, 11) is 1.42. The van der Waals surface area contributed by atoms with Crippen LogP contribution in [0.25, 0.3) is 0 Å². The maximum absolute atomic E-state index is 11.4. The zero-order chi connectivity index (χ0) is 14.7. The molecule has 8 heteroatoms. The maximum atomic E-state index is 11.4. The van der Waals surface area contributed by atoms with Crippen molar-refractivity contribution >= 4 is 17.8 Å². The second-order valence-corrected chi connectivity index (χ2v) is 3.32. The van der Waals surface area contributed by atoms with Gasteiger partial charge in [0.25, 0.3) is 0 Å². The molecule has 0 saturated heterocycles. The minimum absolute atomic E-state index is 0.0377. The molecule has 0 heterocycles. The van der Waals surface area contributed by atoms with Crippen LogP contribution in [0.1, 0.15) is 13.8 Å². The number of amides is 2. The molecule has 0 fully saturated rings. The molecule has 0 aromatic carbocycles. The number of carbonyl (C=O) groups excluding carboxylic acids is 3. The van der Waals surface area contributed by atoms with Gasteiger partial charge >= 0.3 is 17.8 Å². The van der Waals surface area contributed by atoms with Gasteiger partial charge in [-0.15, -0.1) is 0 Å². The minimum Gasteiger partial charge on any atom is -0.465 e. The molecule has 1 atom stereocenters. The third kappa shape index (κ3) is 8.11. The van der Waals surface area contributed by atoms with Crippen LogP contribution in [0.4, 0.5) is 0 Å². The highest BCUT2D eigenvalue weighted by molar-refractivity contribution is 6.35. The van der Waals surface area contributed by atoms with Crippen LogP contribution in [-0.2, 0) is 28.6 Å².